The number of aryl methyl sites for hydroxylation is 1. The molecule has 2 heterocycles. The second-order valence-corrected chi connectivity index (χ2v) is 7.78. The van der Waals surface area contributed by atoms with Crippen LogP contribution in [0.1, 0.15) is 0 Å². The van der Waals surface area contributed by atoms with Crippen LogP contribution in [0.2, 0.25) is 0 Å². The highest BCUT2D eigenvalue weighted by molar-refractivity contribution is 7.90. The second kappa shape index (κ2) is 6.81. The Kier molecular flexibility index (Phi) is 4.73. The van der Waals surface area contributed by atoms with Gasteiger partial charge < -0.3 is 14.6 Å². The molecule has 25 heavy (non-hydrogen) atoms. The maximum absolute atomic E-state index is 11.6. The number of methoxy groups -OCH3 is 1. The molecule has 1 aromatic carbocycles. The summed E-state index contributed by atoms with van der Waals surface area (Å²) in [7, 11) is 0.382. The summed E-state index contributed by atoms with van der Waals surface area (Å²) >= 11 is 0. The molecule has 0 radical (unpaired) electrons. The summed E-state index contributed by atoms with van der Waals surface area (Å²) in [5, 5.41) is 3.22. The van der Waals surface area contributed by atoms with E-state index in [0.29, 0.717) is 18.0 Å². The average molecular weight is 360 g/mol. The molecule has 0 unspecified atom stereocenters. The summed E-state index contributed by atoms with van der Waals surface area (Å²) in [6, 6.07) is 8.66. The van der Waals surface area contributed by atoms with Crippen LogP contribution in [0.3, 0.4) is 0 Å². The zero-order valence-corrected chi connectivity index (χ0v) is 15.2. The molecule has 0 fully saturated rings. The molecule has 0 amide bonds. The number of rotatable bonds is 6. The maximum atomic E-state index is 11.6. The number of nitrogens with zero attached hydrogens (tertiary/aromatic N) is 3. The van der Waals surface area contributed by atoms with E-state index in [1.165, 1.54) is 6.26 Å². The van der Waals surface area contributed by atoms with Crippen LogP contribution in [0.25, 0.3) is 22.3 Å². The Bertz CT molecular complexity index is 995. The van der Waals surface area contributed by atoms with Gasteiger partial charge in [0.2, 0.25) is 5.95 Å². The van der Waals surface area contributed by atoms with Crippen molar-refractivity contribution in [3.05, 3.63) is 36.5 Å². The van der Waals surface area contributed by atoms with Crippen molar-refractivity contribution < 1.29 is 13.2 Å². The average Bonchev–Trinajstić information content (AvgIpc) is 2.90. The minimum absolute atomic E-state index is 0.294. The number of anilines is 1. The predicted octanol–water partition coefficient (Wildman–Crippen LogP) is 2.10. The van der Waals surface area contributed by atoms with Gasteiger partial charge >= 0.3 is 0 Å². The molecule has 132 valence electrons. The topological polar surface area (TPSA) is 86.1 Å². The van der Waals surface area contributed by atoms with Crippen LogP contribution in [0.4, 0.5) is 5.95 Å². The predicted molar refractivity (Wildman–Crippen MR) is 97.4 cm³/mol. The van der Waals surface area contributed by atoms with Crippen LogP contribution in [0.5, 0.6) is 0 Å². The molecule has 7 nitrogen and oxygen atoms in total. The van der Waals surface area contributed by atoms with Crippen molar-refractivity contribution in [3.63, 3.8) is 0 Å². The van der Waals surface area contributed by atoms with Gasteiger partial charge in [0.15, 0.2) is 9.84 Å². The van der Waals surface area contributed by atoms with Crippen molar-refractivity contribution in [2.45, 2.75) is 4.90 Å². The molecule has 0 aliphatic carbocycles. The number of aromatic nitrogens is 3. The van der Waals surface area contributed by atoms with E-state index in [2.05, 4.69) is 15.3 Å². The van der Waals surface area contributed by atoms with E-state index in [1.807, 2.05) is 17.7 Å². The summed E-state index contributed by atoms with van der Waals surface area (Å²) in [6.45, 7) is 1.26. The third-order valence-corrected chi connectivity index (χ3v) is 5.06. The van der Waals surface area contributed by atoms with E-state index in [0.717, 1.165) is 28.2 Å². The Morgan fingerprint density at radius 3 is 2.60 bits per heavy atom. The van der Waals surface area contributed by atoms with Gasteiger partial charge in [-0.1, -0.05) is 12.1 Å². The summed E-state index contributed by atoms with van der Waals surface area (Å²) < 4.78 is 30.1. The van der Waals surface area contributed by atoms with E-state index >= 15 is 0 Å². The number of fused-ring (bicyclic) bond motifs is 1. The van der Waals surface area contributed by atoms with E-state index in [4.69, 9.17) is 4.74 Å². The van der Waals surface area contributed by atoms with E-state index < -0.39 is 9.84 Å². The standard InChI is InChI=1S/C17H20N4O3S/c1-21-16-10-14(12-4-6-13(7-5-12)25(3,22)23)19-11-15(16)20-17(21)18-8-9-24-2/h4-7,10-11H,8-9H2,1-3H3,(H,18,20). The quantitative estimate of drug-likeness (QED) is 0.678. The van der Waals surface area contributed by atoms with Crippen molar-refractivity contribution >= 4 is 26.8 Å². The lowest BCUT2D eigenvalue weighted by molar-refractivity contribution is 0.210. The van der Waals surface area contributed by atoms with Crippen LogP contribution >= 0.6 is 0 Å². The van der Waals surface area contributed by atoms with Gasteiger partial charge in [-0.15, -0.1) is 0 Å². The molecular weight excluding hydrogens is 340 g/mol. The number of sulfone groups is 1. The number of ether oxygens (including phenoxy) is 1. The van der Waals surface area contributed by atoms with E-state index in [9.17, 15) is 8.42 Å². The molecule has 0 aliphatic heterocycles. The third-order valence-electron chi connectivity index (χ3n) is 3.93. The van der Waals surface area contributed by atoms with E-state index in [-0.39, 0.29) is 0 Å². The van der Waals surface area contributed by atoms with Crippen molar-refractivity contribution in [1.29, 1.82) is 0 Å². The van der Waals surface area contributed by atoms with Crippen LogP contribution in [0, 0.1) is 0 Å². The minimum Gasteiger partial charge on any atom is -0.383 e. The van der Waals surface area contributed by atoms with Gasteiger partial charge in [-0.05, 0) is 18.2 Å². The van der Waals surface area contributed by atoms with Crippen molar-refractivity contribution in [3.8, 4) is 11.3 Å². The molecule has 2 aromatic heterocycles. The van der Waals surface area contributed by atoms with Gasteiger partial charge in [0.05, 0.1) is 28.9 Å². The Labute approximate surface area is 146 Å². The van der Waals surface area contributed by atoms with Crippen molar-refractivity contribution in [2.75, 3.05) is 31.8 Å². The molecule has 1 N–H and O–H groups in total. The number of hydrogen-bond acceptors (Lipinski definition) is 6. The molecule has 8 heteroatoms. The first kappa shape index (κ1) is 17.4. The third kappa shape index (κ3) is 3.64. The van der Waals surface area contributed by atoms with Gasteiger partial charge in [0.1, 0.15) is 5.52 Å². The highest BCUT2D eigenvalue weighted by atomic mass is 32.2. The molecule has 3 aromatic rings. The molecule has 0 spiro atoms. The first-order valence-electron chi connectivity index (χ1n) is 7.76. The number of pyridine rings is 1. The van der Waals surface area contributed by atoms with Crippen molar-refractivity contribution in [2.24, 2.45) is 7.05 Å². The fourth-order valence-corrected chi connectivity index (χ4v) is 3.18. The van der Waals surface area contributed by atoms with Crippen LogP contribution in [-0.4, -0.2) is 49.5 Å². The summed E-state index contributed by atoms with van der Waals surface area (Å²) in [4.78, 5) is 9.26. The largest absolute Gasteiger partial charge is 0.383 e. The van der Waals surface area contributed by atoms with Gasteiger partial charge in [-0.3, -0.25) is 4.98 Å². The van der Waals surface area contributed by atoms with Gasteiger partial charge in [0, 0.05) is 32.5 Å². The lowest BCUT2D eigenvalue weighted by Gasteiger charge is -2.06. The highest BCUT2D eigenvalue weighted by Gasteiger charge is 2.11. The summed E-state index contributed by atoms with van der Waals surface area (Å²) in [6.07, 6.45) is 2.91. The maximum Gasteiger partial charge on any atom is 0.203 e. The first-order valence-corrected chi connectivity index (χ1v) is 9.65. The van der Waals surface area contributed by atoms with Crippen LogP contribution in [-0.2, 0) is 21.6 Å². The second-order valence-electron chi connectivity index (χ2n) is 5.77. The molecule has 0 bridgehead atoms. The molecule has 0 aliphatic rings. The van der Waals surface area contributed by atoms with Crippen molar-refractivity contribution in [1.82, 2.24) is 14.5 Å². The Balaban J connectivity index is 1.94. The van der Waals surface area contributed by atoms with Gasteiger partial charge in [0.25, 0.3) is 0 Å². The Morgan fingerprint density at radius 2 is 1.96 bits per heavy atom. The fourth-order valence-electron chi connectivity index (χ4n) is 2.55. The number of hydrogen-bond donors (Lipinski definition) is 1. The SMILES string of the molecule is COCCNc1nc2cnc(-c3ccc(S(C)(=O)=O)cc3)cc2n1C. The molecule has 0 saturated carbocycles. The molecular formula is C17H20N4O3S. The lowest BCUT2D eigenvalue weighted by Crippen LogP contribution is -2.10. The zero-order valence-electron chi connectivity index (χ0n) is 14.4. The monoisotopic (exact) mass is 360 g/mol. The molecule has 3 rings (SSSR count). The summed E-state index contributed by atoms with van der Waals surface area (Å²) in [5.74, 6) is 0.749. The Hall–Kier alpha value is -2.45. The first-order chi connectivity index (χ1) is 11.9. The number of nitrogens with one attached hydrogen (secondary N) is 1. The fraction of sp³-hybridized carbons (Fsp3) is 0.294. The van der Waals surface area contributed by atoms with Gasteiger partial charge in [-0.25, -0.2) is 13.4 Å². The number of imidazole rings is 1. The molecule has 0 atom stereocenters. The molecule has 0 saturated heterocycles. The highest BCUT2D eigenvalue weighted by Crippen LogP contribution is 2.24. The normalized spacial score (nSPS) is 11.8. The summed E-state index contributed by atoms with van der Waals surface area (Å²) in [5.41, 5.74) is 3.35. The van der Waals surface area contributed by atoms with Crippen LogP contribution < -0.4 is 5.32 Å². The minimum atomic E-state index is -3.20. The van der Waals surface area contributed by atoms with Gasteiger partial charge in [-0.2, -0.15) is 0 Å². The lowest BCUT2D eigenvalue weighted by atomic mass is 10.1. The van der Waals surface area contributed by atoms with Crippen LogP contribution in [0.15, 0.2) is 41.4 Å². The zero-order chi connectivity index (χ0) is 18.0. The number of benzene rings is 1. The van der Waals surface area contributed by atoms with E-state index in [1.54, 1.807) is 37.6 Å². The Morgan fingerprint density at radius 1 is 1.24 bits per heavy atom. The smallest absolute Gasteiger partial charge is 0.203 e.